The van der Waals surface area contributed by atoms with Gasteiger partial charge in [0.15, 0.2) is 24.8 Å². The summed E-state index contributed by atoms with van der Waals surface area (Å²) in [5, 5.41) is 0. The number of aryl methyl sites for hydroxylation is 1. The molecule has 0 saturated carbocycles. The Morgan fingerprint density at radius 1 is 1.00 bits per heavy atom. The lowest BCUT2D eigenvalue weighted by Gasteiger charge is -1.99. The summed E-state index contributed by atoms with van der Waals surface area (Å²) in [6, 6.07) is 7.64. The molecule has 6 heteroatoms. The van der Waals surface area contributed by atoms with Gasteiger partial charge < -0.3 is 9.79 Å². The minimum atomic E-state index is -4.03. The molecule has 0 aliphatic rings. The Morgan fingerprint density at radius 3 is 1.90 bits per heavy atom. The van der Waals surface area contributed by atoms with E-state index in [-0.39, 0.29) is 6.29 Å². The molecule has 0 saturated heterocycles. The van der Waals surface area contributed by atoms with Gasteiger partial charge in [0.25, 0.3) is 0 Å². The quantitative estimate of drug-likeness (QED) is 0.655. The third-order valence-corrected chi connectivity index (χ3v) is 3.43. The third-order valence-electron chi connectivity index (χ3n) is 2.74. The summed E-state index contributed by atoms with van der Waals surface area (Å²) in [4.78, 5) is 17.8. The third kappa shape index (κ3) is 4.70. The molecule has 0 aliphatic heterocycles. The highest BCUT2D eigenvalue weighted by Crippen LogP contribution is 2.33. The standard InChI is InChI=1S/C14H15N2O3P/c1-15-8-4-13(5-9-15)2-3-14-6-10-16(11-7-14)12-20(17,18)19/h2-11H,12H2,1H3/p+2. The molecule has 20 heavy (non-hydrogen) atoms. The number of rotatable bonds is 4. The summed E-state index contributed by atoms with van der Waals surface area (Å²) >= 11 is 0. The van der Waals surface area contributed by atoms with Crippen LogP contribution in [0.3, 0.4) is 0 Å². The first-order chi connectivity index (χ1) is 9.42. The normalized spacial score (nSPS) is 11.9. The predicted octanol–water partition coefficient (Wildman–Crippen LogP) is 1.10. The maximum absolute atomic E-state index is 10.9. The van der Waals surface area contributed by atoms with Crippen molar-refractivity contribution in [3.8, 4) is 0 Å². The highest BCUT2D eigenvalue weighted by atomic mass is 31.2. The van der Waals surface area contributed by atoms with E-state index < -0.39 is 7.60 Å². The van der Waals surface area contributed by atoms with Crippen LogP contribution >= 0.6 is 7.60 Å². The average molecular weight is 292 g/mol. The van der Waals surface area contributed by atoms with E-state index in [4.69, 9.17) is 9.79 Å². The molecule has 0 aromatic carbocycles. The Hall–Kier alpha value is -1.81. The fourth-order valence-electron chi connectivity index (χ4n) is 1.70. The first kappa shape index (κ1) is 14.6. The van der Waals surface area contributed by atoms with Crippen LogP contribution in [0.4, 0.5) is 0 Å². The van der Waals surface area contributed by atoms with Gasteiger partial charge in [-0.1, -0.05) is 12.2 Å². The summed E-state index contributed by atoms with van der Waals surface area (Å²) in [7, 11) is -2.07. The van der Waals surface area contributed by atoms with Crippen molar-refractivity contribution in [2.45, 2.75) is 6.29 Å². The topological polar surface area (TPSA) is 65.3 Å². The largest absolute Gasteiger partial charge is 0.390 e. The second kappa shape index (κ2) is 6.09. The van der Waals surface area contributed by atoms with Gasteiger partial charge in [-0.15, -0.1) is 0 Å². The minimum absolute atomic E-state index is 0.299. The fourth-order valence-corrected chi connectivity index (χ4v) is 2.32. The molecule has 0 atom stereocenters. The van der Waals surface area contributed by atoms with E-state index in [0.29, 0.717) is 0 Å². The molecule has 2 heterocycles. The maximum Gasteiger partial charge on any atom is 0.390 e. The van der Waals surface area contributed by atoms with E-state index in [9.17, 15) is 4.57 Å². The molecule has 0 radical (unpaired) electrons. The maximum atomic E-state index is 10.9. The summed E-state index contributed by atoms with van der Waals surface area (Å²) in [5.41, 5.74) is 2.07. The van der Waals surface area contributed by atoms with Crippen LogP contribution in [-0.2, 0) is 17.9 Å². The molecular weight excluding hydrogens is 275 g/mol. The van der Waals surface area contributed by atoms with Crippen molar-refractivity contribution in [2.24, 2.45) is 7.05 Å². The second-order valence-corrected chi connectivity index (χ2v) is 6.19. The summed E-state index contributed by atoms with van der Waals surface area (Å²) in [6.45, 7) is 0. The zero-order valence-corrected chi connectivity index (χ0v) is 12.0. The first-order valence-corrected chi connectivity index (χ1v) is 7.89. The van der Waals surface area contributed by atoms with Gasteiger partial charge in [0.05, 0.1) is 0 Å². The van der Waals surface area contributed by atoms with Gasteiger partial charge in [0.2, 0.25) is 6.29 Å². The van der Waals surface area contributed by atoms with Crippen molar-refractivity contribution in [1.82, 2.24) is 0 Å². The SMILES string of the molecule is C[n+]1ccc(C=Cc2cc[n+](CP(=O)(O)O)cc2)cc1. The van der Waals surface area contributed by atoms with Crippen LogP contribution in [0.2, 0.25) is 0 Å². The number of hydrogen-bond acceptors (Lipinski definition) is 1. The van der Waals surface area contributed by atoms with Crippen LogP contribution in [0.15, 0.2) is 49.1 Å². The molecular formula is C14H17N2O3P+2. The van der Waals surface area contributed by atoms with E-state index in [1.165, 1.54) is 4.57 Å². The molecule has 2 rings (SSSR count). The van der Waals surface area contributed by atoms with Crippen LogP contribution < -0.4 is 9.13 Å². The molecule has 0 aliphatic carbocycles. The van der Waals surface area contributed by atoms with Gasteiger partial charge in [0, 0.05) is 24.3 Å². The molecule has 0 spiro atoms. The van der Waals surface area contributed by atoms with Crippen LogP contribution in [0.25, 0.3) is 12.2 Å². The van der Waals surface area contributed by atoms with Crippen LogP contribution in [-0.4, -0.2) is 9.79 Å². The lowest BCUT2D eigenvalue weighted by atomic mass is 10.2. The molecule has 0 fully saturated rings. The van der Waals surface area contributed by atoms with E-state index in [1.807, 2.05) is 60.4 Å². The van der Waals surface area contributed by atoms with Crippen molar-refractivity contribution in [3.05, 3.63) is 60.2 Å². The highest BCUT2D eigenvalue weighted by Gasteiger charge is 2.19. The average Bonchev–Trinajstić information content (AvgIpc) is 2.38. The second-order valence-electron chi connectivity index (χ2n) is 4.58. The van der Waals surface area contributed by atoms with Crippen LogP contribution in [0, 0.1) is 0 Å². The van der Waals surface area contributed by atoms with E-state index in [1.54, 1.807) is 12.4 Å². The Labute approximate surface area is 117 Å². The summed E-state index contributed by atoms with van der Waals surface area (Å²) < 4.78 is 14.3. The van der Waals surface area contributed by atoms with Gasteiger partial charge in [-0.05, 0) is 11.1 Å². The van der Waals surface area contributed by atoms with E-state index in [2.05, 4.69) is 0 Å². The van der Waals surface area contributed by atoms with E-state index in [0.717, 1.165) is 11.1 Å². The van der Waals surface area contributed by atoms with Crippen molar-refractivity contribution in [1.29, 1.82) is 0 Å². The van der Waals surface area contributed by atoms with E-state index >= 15 is 0 Å². The molecule has 104 valence electrons. The lowest BCUT2D eigenvalue weighted by molar-refractivity contribution is -0.679. The number of hydrogen-bond donors (Lipinski definition) is 2. The number of nitrogens with zero attached hydrogens (tertiary/aromatic N) is 2. The number of aromatic nitrogens is 2. The minimum Gasteiger partial charge on any atom is -0.320 e. The van der Waals surface area contributed by atoms with Crippen molar-refractivity contribution < 1.29 is 23.5 Å². The van der Waals surface area contributed by atoms with Crippen LogP contribution in [0.5, 0.6) is 0 Å². The summed E-state index contributed by atoms with van der Waals surface area (Å²) in [6.07, 6.45) is 10.9. The molecule has 0 amide bonds. The Morgan fingerprint density at radius 2 is 1.45 bits per heavy atom. The molecule has 2 aromatic rings. The molecule has 2 N–H and O–H groups in total. The fraction of sp³-hybridized carbons (Fsp3) is 0.143. The molecule has 0 unspecified atom stereocenters. The van der Waals surface area contributed by atoms with Gasteiger partial charge >= 0.3 is 7.60 Å². The predicted molar refractivity (Wildman–Crippen MR) is 75.2 cm³/mol. The van der Waals surface area contributed by atoms with Crippen LogP contribution in [0.1, 0.15) is 11.1 Å². The first-order valence-electron chi connectivity index (χ1n) is 6.09. The smallest absolute Gasteiger partial charge is 0.320 e. The van der Waals surface area contributed by atoms with Gasteiger partial charge in [-0.3, -0.25) is 4.57 Å². The van der Waals surface area contributed by atoms with Crippen molar-refractivity contribution in [2.75, 3.05) is 0 Å². The zero-order chi connectivity index (χ0) is 14.6. The molecule has 2 aromatic heterocycles. The summed E-state index contributed by atoms with van der Waals surface area (Å²) in [5.74, 6) is 0. The Kier molecular flexibility index (Phi) is 4.45. The van der Waals surface area contributed by atoms with Crippen molar-refractivity contribution in [3.63, 3.8) is 0 Å². The van der Waals surface area contributed by atoms with Crippen molar-refractivity contribution >= 4 is 19.7 Å². The highest BCUT2D eigenvalue weighted by molar-refractivity contribution is 7.50. The van der Waals surface area contributed by atoms with Gasteiger partial charge in [-0.25, -0.2) is 4.57 Å². The monoisotopic (exact) mass is 292 g/mol. The zero-order valence-electron chi connectivity index (χ0n) is 11.1. The Bertz CT molecular complexity index is 645. The molecule has 5 nitrogen and oxygen atoms in total. The number of pyridine rings is 2. The van der Waals surface area contributed by atoms with Gasteiger partial charge in [0.1, 0.15) is 7.05 Å². The van der Waals surface area contributed by atoms with Gasteiger partial charge in [-0.2, -0.15) is 4.57 Å². The molecule has 0 bridgehead atoms. The Balaban J connectivity index is 2.07. The lowest BCUT2D eigenvalue weighted by Crippen LogP contribution is -2.32.